The topological polar surface area (TPSA) is 86.8 Å². The van der Waals surface area contributed by atoms with Crippen molar-refractivity contribution in [3.63, 3.8) is 0 Å². The zero-order valence-electron chi connectivity index (χ0n) is 19.6. The molecule has 2 rings (SSSR count). The van der Waals surface area contributed by atoms with Gasteiger partial charge in [0.2, 0.25) is 21.8 Å². The summed E-state index contributed by atoms with van der Waals surface area (Å²) >= 11 is 5.83. The van der Waals surface area contributed by atoms with Gasteiger partial charge in [-0.3, -0.25) is 13.9 Å². The Labute approximate surface area is 205 Å². The normalized spacial score (nSPS) is 12.1. The third kappa shape index (κ3) is 7.99. The highest BCUT2D eigenvalue weighted by atomic mass is 35.5. The molecule has 0 saturated heterocycles. The van der Waals surface area contributed by atoms with Gasteiger partial charge in [0, 0.05) is 13.1 Å². The van der Waals surface area contributed by atoms with Crippen molar-refractivity contribution in [2.24, 2.45) is 0 Å². The lowest BCUT2D eigenvalue weighted by molar-refractivity contribution is -0.138. The van der Waals surface area contributed by atoms with Crippen LogP contribution >= 0.6 is 11.6 Å². The van der Waals surface area contributed by atoms with Gasteiger partial charge in [-0.2, -0.15) is 0 Å². The van der Waals surface area contributed by atoms with E-state index in [0.29, 0.717) is 13.0 Å². The number of nitrogens with one attached hydrogen (secondary N) is 1. The summed E-state index contributed by atoms with van der Waals surface area (Å²) in [7, 11) is -3.90. The van der Waals surface area contributed by atoms with Crippen LogP contribution in [0.2, 0.25) is 5.02 Å². The maximum absolute atomic E-state index is 13.6. The summed E-state index contributed by atoms with van der Waals surface area (Å²) in [4.78, 5) is 27.4. The molecule has 1 atom stereocenters. The minimum Gasteiger partial charge on any atom is -0.354 e. The number of hydrogen-bond acceptors (Lipinski definition) is 4. The van der Waals surface area contributed by atoms with Gasteiger partial charge < -0.3 is 10.2 Å². The van der Waals surface area contributed by atoms with Crippen molar-refractivity contribution in [2.45, 2.75) is 39.2 Å². The zero-order valence-corrected chi connectivity index (χ0v) is 21.2. The molecule has 0 heterocycles. The molecule has 34 heavy (non-hydrogen) atoms. The molecule has 0 aromatic heterocycles. The molecule has 0 aliphatic carbocycles. The lowest BCUT2D eigenvalue weighted by atomic mass is 10.1. The van der Waals surface area contributed by atoms with Crippen LogP contribution in [-0.4, -0.2) is 57.1 Å². The first kappa shape index (κ1) is 27.6. The molecule has 0 radical (unpaired) electrons. The standard InChI is InChI=1S/C24H31ClFN3O4S/c1-4-5-14-27-24(31)18(2)28(15-13-19-9-7-6-8-10-19)23(30)17-29(34(3,32)33)20-11-12-22(26)21(25)16-20/h6-12,16,18H,4-5,13-15,17H2,1-3H3,(H,27,31)/t18-/m1/s1. The van der Waals surface area contributed by atoms with E-state index in [1.165, 1.54) is 11.0 Å². The molecule has 2 amide bonds. The number of carbonyl (C=O) groups is 2. The third-order valence-electron chi connectivity index (χ3n) is 5.35. The van der Waals surface area contributed by atoms with Crippen molar-refractivity contribution >= 4 is 39.1 Å². The Morgan fingerprint density at radius 2 is 1.82 bits per heavy atom. The number of benzene rings is 2. The van der Waals surface area contributed by atoms with Crippen molar-refractivity contribution in [1.82, 2.24) is 10.2 Å². The van der Waals surface area contributed by atoms with Crippen molar-refractivity contribution in [3.8, 4) is 0 Å². The van der Waals surface area contributed by atoms with Crippen molar-refractivity contribution in [3.05, 3.63) is 64.9 Å². The molecule has 186 valence electrons. The molecule has 10 heteroatoms. The summed E-state index contributed by atoms with van der Waals surface area (Å²) in [5, 5.41) is 2.56. The molecule has 2 aromatic carbocycles. The van der Waals surface area contributed by atoms with Gasteiger partial charge in [0.05, 0.1) is 17.0 Å². The summed E-state index contributed by atoms with van der Waals surface area (Å²) in [6, 6.07) is 12.1. The lowest BCUT2D eigenvalue weighted by Gasteiger charge is -2.31. The van der Waals surface area contributed by atoms with Crippen LogP contribution in [0.3, 0.4) is 0 Å². The van der Waals surface area contributed by atoms with Crippen LogP contribution < -0.4 is 9.62 Å². The first-order valence-corrected chi connectivity index (χ1v) is 13.3. The van der Waals surface area contributed by atoms with E-state index < -0.39 is 34.3 Å². The van der Waals surface area contributed by atoms with E-state index in [4.69, 9.17) is 11.6 Å². The number of sulfonamides is 1. The fourth-order valence-corrected chi connectivity index (χ4v) is 4.38. The largest absolute Gasteiger partial charge is 0.354 e. The van der Waals surface area contributed by atoms with E-state index >= 15 is 0 Å². The van der Waals surface area contributed by atoms with Crippen LogP contribution in [0.4, 0.5) is 10.1 Å². The molecule has 0 aliphatic rings. The summed E-state index contributed by atoms with van der Waals surface area (Å²) < 4.78 is 39.4. The van der Waals surface area contributed by atoms with E-state index in [0.717, 1.165) is 41.1 Å². The van der Waals surface area contributed by atoms with Crippen LogP contribution in [0.5, 0.6) is 0 Å². The SMILES string of the molecule is CCCCNC(=O)[C@@H](C)N(CCc1ccccc1)C(=O)CN(c1ccc(F)c(Cl)c1)S(C)(=O)=O. The number of unbranched alkanes of at least 4 members (excludes halogenated alkanes) is 1. The number of hydrogen-bond donors (Lipinski definition) is 1. The molecular weight excluding hydrogens is 481 g/mol. The number of nitrogens with zero attached hydrogens (tertiary/aromatic N) is 2. The van der Waals surface area contributed by atoms with Gasteiger partial charge in [-0.05, 0) is 43.5 Å². The average molecular weight is 512 g/mol. The maximum atomic E-state index is 13.6. The smallest absolute Gasteiger partial charge is 0.244 e. The highest BCUT2D eigenvalue weighted by Crippen LogP contribution is 2.24. The summed E-state index contributed by atoms with van der Waals surface area (Å²) in [6.07, 6.45) is 3.16. The molecule has 2 aromatic rings. The second kappa shape index (κ2) is 12.7. The molecule has 0 fully saturated rings. The van der Waals surface area contributed by atoms with E-state index in [-0.39, 0.29) is 23.2 Å². The predicted octanol–water partition coefficient (Wildman–Crippen LogP) is 3.62. The molecule has 7 nitrogen and oxygen atoms in total. The summed E-state index contributed by atoms with van der Waals surface area (Å²) in [5.41, 5.74) is 1.04. The van der Waals surface area contributed by atoms with Crippen LogP contribution in [0.25, 0.3) is 0 Å². The van der Waals surface area contributed by atoms with Crippen LogP contribution in [-0.2, 0) is 26.0 Å². The first-order chi connectivity index (χ1) is 16.0. The van der Waals surface area contributed by atoms with Crippen LogP contribution in [0, 0.1) is 5.82 Å². The second-order valence-corrected chi connectivity index (χ2v) is 10.3. The Morgan fingerprint density at radius 3 is 2.41 bits per heavy atom. The summed E-state index contributed by atoms with van der Waals surface area (Å²) in [6.45, 7) is 3.77. The van der Waals surface area contributed by atoms with E-state index in [1.807, 2.05) is 37.3 Å². The molecule has 0 saturated carbocycles. The number of amides is 2. The Hall–Kier alpha value is -2.65. The number of rotatable bonds is 12. The Kier molecular flexibility index (Phi) is 10.3. The van der Waals surface area contributed by atoms with Crippen molar-refractivity contribution in [1.29, 1.82) is 0 Å². The molecular formula is C24H31ClFN3O4S. The van der Waals surface area contributed by atoms with E-state index in [2.05, 4.69) is 5.32 Å². The lowest BCUT2D eigenvalue weighted by Crippen LogP contribution is -2.52. The van der Waals surface area contributed by atoms with Gasteiger partial charge in [0.15, 0.2) is 0 Å². The predicted molar refractivity (Wildman–Crippen MR) is 133 cm³/mol. The Morgan fingerprint density at radius 1 is 1.15 bits per heavy atom. The van der Waals surface area contributed by atoms with Crippen LogP contribution in [0.15, 0.2) is 48.5 Å². The van der Waals surface area contributed by atoms with Crippen molar-refractivity contribution < 1.29 is 22.4 Å². The molecule has 1 N–H and O–H groups in total. The first-order valence-electron chi connectivity index (χ1n) is 11.1. The summed E-state index contributed by atoms with van der Waals surface area (Å²) in [5.74, 6) is -1.57. The number of anilines is 1. The minimum absolute atomic E-state index is 0.0605. The number of carbonyl (C=O) groups excluding carboxylic acids is 2. The zero-order chi connectivity index (χ0) is 25.3. The van der Waals surface area contributed by atoms with Gasteiger partial charge in [-0.25, -0.2) is 12.8 Å². The van der Waals surface area contributed by atoms with Crippen molar-refractivity contribution in [2.75, 3.05) is 30.2 Å². The second-order valence-electron chi connectivity index (χ2n) is 8.01. The maximum Gasteiger partial charge on any atom is 0.244 e. The fourth-order valence-electron chi connectivity index (χ4n) is 3.36. The quantitative estimate of drug-likeness (QED) is 0.441. The van der Waals surface area contributed by atoms with Gasteiger partial charge in [-0.15, -0.1) is 0 Å². The molecule has 0 spiro atoms. The van der Waals surface area contributed by atoms with Gasteiger partial charge >= 0.3 is 0 Å². The van der Waals surface area contributed by atoms with E-state index in [9.17, 15) is 22.4 Å². The Bertz CT molecular complexity index is 1080. The molecule has 0 unspecified atom stereocenters. The Balaban J connectivity index is 2.29. The van der Waals surface area contributed by atoms with Gasteiger partial charge in [0.25, 0.3) is 0 Å². The fraction of sp³-hybridized carbons (Fsp3) is 0.417. The highest BCUT2D eigenvalue weighted by molar-refractivity contribution is 7.92. The van der Waals surface area contributed by atoms with E-state index in [1.54, 1.807) is 6.92 Å². The number of halogens is 2. The third-order valence-corrected chi connectivity index (χ3v) is 6.78. The van der Waals surface area contributed by atoms with Crippen LogP contribution in [0.1, 0.15) is 32.3 Å². The monoisotopic (exact) mass is 511 g/mol. The van der Waals surface area contributed by atoms with Gasteiger partial charge in [-0.1, -0.05) is 55.3 Å². The highest BCUT2D eigenvalue weighted by Gasteiger charge is 2.29. The minimum atomic E-state index is -3.90. The van der Waals surface area contributed by atoms with Gasteiger partial charge in [0.1, 0.15) is 18.4 Å². The molecule has 0 bridgehead atoms. The molecule has 0 aliphatic heterocycles. The average Bonchev–Trinajstić information content (AvgIpc) is 2.79.